The van der Waals surface area contributed by atoms with Crippen LogP contribution in [-0.2, 0) is 6.54 Å². The summed E-state index contributed by atoms with van der Waals surface area (Å²) in [6, 6.07) is 9.54. The van der Waals surface area contributed by atoms with Crippen LogP contribution >= 0.6 is 15.9 Å². The Kier molecular flexibility index (Phi) is 5.51. The van der Waals surface area contributed by atoms with Crippen molar-refractivity contribution in [3.05, 3.63) is 40.8 Å². The molecular formula is C18H25BrN4. The molecule has 0 atom stereocenters. The maximum atomic E-state index is 4.51. The first-order valence-electron chi connectivity index (χ1n) is 8.39. The van der Waals surface area contributed by atoms with Crippen molar-refractivity contribution in [2.24, 2.45) is 0 Å². The maximum Gasteiger partial charge on any atom is 0.120 e. The van der Waals surface area contributed by atoms with Gasteiger partial charge in [-0.15, -0.1) is 0 Å². The Morgan fingerprint density at radius 3 is 2.83 bits per heavy atom. The first-order chi connectivity index (χ1) is 11.1. The van der Waals surface area contributed by atoms with Gasteiger partial charge in [-0.1, -0.05) is 28.1 Å². The molecule has 4 nitrogen and oxygen atoms in total. The lowest BCUT2D eigenvalue weighted by Gasteiger charge is -2.34. The highest BCUT2D eigenvalue weighted by molar-refractivity contribution is 9.10. The Labute approximate surface area is 146 Å². The molecule has 23 heavy (non-hydrogen) atoms. The smallest absolute Gasteiger partial charge is 0.120 e. The number of likely N-dealkylation sites (tertiary alicyclic amines) is 1. The number of benzene rings is 1. The molecule has 0 unspecified atom stereocenters. The predicted molar refractivity (Wildman–Crippen MR) is 98.3 cm³/mol. The highest BCUT2D eigenvalue weighted by Gasteiger charge is 2.20. The molecule has 0 radical (unpaired) electrons. The Morgan fingerprint density at radius 1 is 1.35 bits per heavy atom. The highest BCUT2D eigenvalue weighted by atomic mass is 79.9. The zero-order valence-corrected chi connectivity index (χ0v) is 15.4. The second-order valence-electron chi connectivity index (χ2n) is 6.54. The van der Waals surface area contributed by atoms with Gasteiger partial charge in [0.25, 0.3) is 0 Å². The number of halogens is 1. The third kappa shape index (κ3) is 4.43. The third-order valence-electron chi connectivity index (χ3n) is 4.58. The number of hydrogen-bond acceptors (Lipinski definition) is 3. The van der Waals surface area contributed by atoms with Crippen molar-refractivity contribution in [3.63, 3.8) is 0 Å². The Hall–Kier alpha value is -1.17. The number of aromatic amines is 1. The summed E-state index contributed by atoms with van der Waals surface area (Å²) in [6.45, 7) is 7.74. The fourth-order valence-corrected chi connectivity index (χ4v) is 3.52. The molecule has 1 saturated heterocycles. The second-order valence-corrected chi connectivity index (χ2v) is 7.45. The van der Waals surface area contributed by atoms with E-state index in [9.17, 15) is 0 Å². The molecule has 5 heteroatoms. The van der Waals surface area contributed by atoms with Gasteiger partial charge in [0.05, 0.1) is 18.4 Å². The van der Waals surface area contributed by atoms with E-state index in [2.05, 4.69) is 62.1 Å². The highest BCUT2D eigenvalue weighted by Crippen LogP contribution is 2.21. The van der Waals surface area contributed by atoms with Crippen molar-refractivity contribution in [1.82, 2.24) is 20.2 Å². The van der Waals surface area contributed by atoms with E-state index in [0.29, 0.717) is 12.1 Å². The third-order valence-corrected chi connectivity index (χ3v) is 5.08. The van der Waals surface area contributed by atoms with Crippen LogP contribution < -0.4 is 5.32 Å². The number of piperidine rings is 1. The van der Waals surface area contributed by atoms with Crippen LogP contribution in [0, 0.1) is 0 Å². The number of hydrogen-bond donors (Lipinski definition) is 2. The molecule has 2 heterocycles. The van der Waals surface area contributed by atoms with Crippen LogP contribution in [0.25, 0.3) is 11.3 Å². The SMILES string of the molecule is CC(C)N1CCC(NCc2ncc(-c3cccc(Br)c3)[nH]2)CC1. The van der Waals surface area contributed by atoms with Crippen LogP contribution in [0.2, 0.25) is 0 Å². The van der Waals surface area contributed by atoms with Crippen molar-refractivity contribution < 1.29 is 0 Å². The van der Waals surface area contributed by atoms with Crippen molar-refractivity contribution >= 4 is 15.9 Å². The van der Waals surface area contributed by atoms with Gasteiger partial charge in [0, 0.05) is 22.1 Å². The van der Waals surface area contributed by atoms with Crippen molar-refractivity contribution in [1.29, 1.82) is 0 Å². The summed E-state index contributed by atoms with van der Waals surface area (Å²) in [6.07, 6.45) is 4.36. The lowest BCUT2D eigenvalue weighted by molar-refractivity contribution is 0.160. The number of nitrogens with zero attached hydrogens (tertiary/aromatic N) is 2. The molecule has 3 rings (SSSR count). The molecule has 1 aromatic heterocycles. The average molecular weight is 377 g/mol. The van der Waals surface area contributed by atoms with Gasteiger partial charge >= 0.3 is 0 Å². The summed E-state index contributed by atoms with van der Waals surface area (Å²) >= 11 is 3.51. The molecule has 0 spiro atoms. The fraction of sp³-hybridized carbons (Fsp3) is 0.500. The molecule has 0 bridgehead atoms. The number of aromatic nitrogens is 2. The van der Waals surface area contributed by atoms with Gasteiger partial charge in [0.15, 0.2) is 0 Å². The summed E-state index contributed by atoms with van der Waals surface area (Å²) in [5.74, 6) is 1.01. The first-order valence-corrected chi connectivity index (χ1v) is 9.18. The van der Waals surface area contributed by atoms with Gasteiger partial charge in [-0.2, -0.15) is 0 Å². The molecule has 1 aliphatic rings. The quantitative estimate of drug-likeness (QED) is 0.833. The number of H-pyrrole nitrogens is 1. The monoisotopic (exact) mass is 376 g/mol. The molecule has 1 aromatic carbocycles. The lowest BCUT2D eigenvalue weighted by Crippen LogP contribution is -2.44. The minimum absolute atomic E-state index is 0.601. The van der Waals surface area contributed by atoms with Gasteiger partial charge in [-0.25, -0.2) is 4.98 Å². The second kappa shape index (κ2) is 7.60. The van der Waals surface area contributed by atoms with E-state index in [1.54, 1.807) is 0 Å². The Morgan fingerprint density at radius 2 is 2.13 bits per heavy atom. The molecule has 2 aromatic rings. The molecule has 2 N–H and O–H groups in total. The number of nitrogens with one attached hydrogen (secondary N) is 2. The van der Waals surface area contributed by atoms with E-state index in [-0.39, 0.29) is 0 Å². The minimum Gasteiger partial charge on any atom is -0.341 e. The number of rotatable bonds is 5. The molecule has 0 amide bonds. The van der Waals surface area contributed by atoms with E-state index in [1.807, 2.05) is 18.3 Å². The van der Waals surface area contributed by atoms with Crippen molar-refractivity contribution in [3.8, 4) is 11.3 Å². The molecule has 0 aliphatic carbocycles. The van der Waals surface area contributed by atoms with Crippen LogP contribution in [0.4, 0.5) is 0 Å². The Balaban J connectivity index is 1.52. The van der Waals surface area contributed by atoms with Gasteiger partial charge in [-0.05, 0) is 51.9 Å². The van der Waals surface area contributed by atoms with E-state index in [1.165, 1.54) is 25.9 Å². The van der Waals surface area contributed by atoms with E-state index >= 15 is 0 Å². The maximum absolute atomic E-state index is 4.51. The molecule has 1 fully saturated rings. The summed E-state index contributed by atoms with van der Waals surface area (Å²) in [4.78, 5) is 10.5. The molecule has 0 saturated carbocycles. The van der Waals surface area contributed by atoms with Crippen LogP contribution in [0.1, 0.15) is 32.5 Å². The molecule has 1 aliphatic heterocycles. The summed E-state index contributed by atoms with van der Waals surface area (Å²) in [5, 5.41) is 3.64. The summed E-state index contributed by atoms with van der Waals surface area (Å²) in [5.41, 5.74) is 2.22. The van der Waals surface area contributed by atoms with Gasteiger partial charge < -0.3 is 15.2 Å². The van der Waals surface area contributed by atoms with Crippen LogP contribution in [0.3, 0.4) is 0 Å². The van der Waals surface area contributed by atoms with Gasteiger partial charge in [0.2, 0.25) is 0 Å². The number of imidazole rings is 1. The topological polar surface area (TPSA) is 44.0 Å². The van der Waals surface area contributed by atoms with Crippen molar-refractivity contribution in [2.45, 2.75) is 45.3 Å². The standard InChI is InChI=1S/C18H25BrN4/c1-13(2)23-8-6-16(7-9-23)20-12-18-21-11-17(22-18)14-4-3-5-15(19)10-14/h3-5,10-11,13,16,20H,6-9,12H2,1-2H3,(H,21,22). The van der Waals surface area contributed by atoms with E-state index < -0.39 is 0 Å². The van der Waals surface area contributed by atoms with E-state index in [4.69, 9.17) is 0 Å². The zero-order chi connectivity index (χ0) is 16.2. The summed E-state index contributed by atoms with van der Waals surface area (Å²) in [7, 11) is 0. The molecule has 124 valence electrons. The fourth-order valence-electron chi connectivity index (χ4n) is 3.12. The van der Waals surface area contributed by atoms with Crippen LogP contribution in [0.15, 0.2) is 34.9 Å². The normalized spacial score (nSPS) is 17.0. The average Bonchev–Trinajstić information content (AvgIpc) is 3.02. The molecular weight excluding hydrogens is 352 g/mol. The zero-order valence-electron chi connectivity index (χ0n) is 13.8. The largest absolute Gasteiger partial charge is 0.341 e. The van der Waals surface area contributed by atoms with E-state index in [0.717, 1.165) is 28.1 Å². The van der Waals surface area contributed by atoms with Crippen LogP contribution in [-0.4, -0.2) is 40.0 Å². The van der Waals surface area contributed by atoms with Gasteiger partial charge in [-0.3, -0.25) is 0 Å². The van der Waals surface area contributed by atoms with Crippen LogP contribution in [0.5, 0.6) is 0 Å². The minimum atomic E-state index is 0.601. The first kappa shape index (κ1) is 16.7. The summed E-state index contributed by atoms with van der Waals surface area (Å²) < 4.78 is 1.08. The lowest BCUT2D eigenvalue weighted by atomic mass is 10.0. The van der Waals surface area contributed by atoms with Crippen molar-refractivity contribution in [2.75, 3.05) is 13.1 Å². The predicted octanol–water partition coefficient (Wildman–Crippen LogP) is 3.80. The van der Waals surface area contributed by atoms with Gasteiger partial charge in [0.1, 0.15) is 5.82 Å². The Bertz CT molecular complexity index is 629.